The number of amides is 1. The Kier molecular flexibility index (Phi) is 6.63. The maximum absolute atomic E-state index is 13.5. The van der Waals surface area contributed by atoms with Crippen LogP contribution in [-0.2, 0) is 6.54 Å². The summed E-state index contributed by atoms with van der Waals surface area (Å²) in [5.74, 6) is -0.835. The van der Waals surface area contributed by atoms with Crippen LogP contribution in [-0.4, -0.2) is 61.8 Å². The van der Waals surface area contributed by atoms with Gasteiger partial charge >= 0.3 is 5.97 Å². The molecule has 0 atom stereocenters. The number of nitrogens with zero attached hydrogens (tertiary/aromatic N) is 4. The van der Waals surface area contributed by atoms with Crippen molar-refractivity contribution in [2.45, 2.75) is 45.3 Å². The number of carboxylic acid groups (broad SMARTS) is 1. The summed E-state index contributed by atoms with van der Waals surface area (Å²) in [6.45, 7) is 5.75. The van der Waals surface area contributed by atoms with Gasteiger partial charge in [-0.15, -0.1) is 11.3 Å². The highest BCUT2D eigenvalue weighted by atomic mass is 35.5. The highest BCUT2D eigenvalue weighted by Crippen LogP contribution is 2.31. The van der Waals surface area contributed by atoms with E-state index in [2.05, 4.69) is 15.5 Å². The Bertz CT molecular complexity index is 1120. The third-order valence-electron chi connectivity index (χ3n) is 5.39. The molecule has 2 N–H and O–H groups in total. The van der Waals surface area contributed by atoms with Crippen LogP contribution in [0, 0.1) is 0 Å². The number of thiophene rings is 1. The minimum atomic E-state index is -1.19. The van der Waals surface area contributed by atoms with Gasteiger partial charge in [0.1, 0.15) is 5.69 Å². The Morgan fingerprint density at radius 2 is 2.12 bits per heavy atom. The Morgan fingerprint density at radius 1 is 1.38 bits per heavy atom. The number of carbonyl (C=O) groups is 2. The van der Waals surface area contributed by atoms with Crippen LogP contribution < -0.4 is 5.32 Å². The molecule has 0 aromatic carbocycles. The molecule has 32 heavy (non-hydrogen) atoms. The van der Waals surface area contributed by atoms with E-state index in [1.54, 1.807) is 12.1 Å². The fourth-order valence-electron chi connectivity index (χ4n) is 3.96. The first-order chi connectivity index (χ1) is 15.3. The van der Waals surface area contributed by atoms with E-state index in [0.717, 1.165) is 30.8 Å². The molecule has 0 radical (unpaired) electrons. The Balaban J connectivity index is 1.63. The predicted octanol–water partition coefficient (Wildman–Crippen LogP) is 3.60. The molecule has 1 aliphatic heterocycles. The zero-order valence-corrected chi connectivity index (χ0v) is 19.3. The van der Waals surface area contributed by atoms with Crippen molar-refractivity contribution in [3.05, 3.63) is 45.9 Å². The standard InChI is InChI=1S/C21H24ClN5O4S/c1-12(2)27(14-5-7-23-8-6-14)20(28)19-24-15(21(29)30)11-26(19)10-13-9-16(31-25-13)17-3-4-18(22)32-17/h3-4,9,11-12,14,23H,5-8,10H2,1-2H3,(H,29,30). The van der Waals surface area contributed by atoms with E-state index in [1.807, 2.05) is 24.8 Å². The predicted molar refractivity (Wildman–Crippen MR) is 120 cm³/mol. The number of nitrogens with one attached hydrogen (secondary N) is 1. The fraction of sp³-hybridized carbons (Fsp3) is 0.429. The smallest absolute Gasteiger partial charge is 0.356 e. The molecular formula is C21H24ClN5O4S. The van der Waals surface area contributed by atoms with Crippen LogP contribution >= 0.6 is 22.9 Å². The van der Waals surface area contributed by atoms with Gasteiger partial charge in [0.2, 0.25) is 0 Å². The number of carbonyl (C=O) groups excluding carboxylic acids is 1. The van der Waals surface area contributed by atoms with Crippen molar-refractivity contribution in [2.75, 3.05) is 13.1 Å². The molecule has 0 spiro atoms. The van der Waals surface area contributed by atoms with E-state index in [-0.39, 0.29) is 36.1 Å². The summed E-state index contributed by atoms with van der Waals surface area (Å²) in [5.41, 5.74) is 0.363. The molecule has 4 rings (SSSR count). The van der Waals surface area contributed by atoms with Gasteiger partial charge < -0.3 is 24.4 Å². The first-order valence-corrected chi connectivity index (χ1v) is 11.6. The molecule has 170 valence electrons. The number of piperidine rings is 1. The van der Waals surface area contributed by atoms with Crippen molar-refractivity contribution < 1.29 is 19.2 Å². The second-order valence-electron chi connectivity index (χ2n) is 7.96. The van der Waals surface area contributed by atoms with Crippen molar-refractivity contribution in [2.24, 2.45) is 0 Å². The van der Waals surface area contributed by atoms with Gasteiger partial charge in [-0.05, 0) is 51.9 Å². The lowest BCUT2D eigenvalue weighted by Crippen LogP contribution is -2.50. The van der Waals surface area contributed by atoms with Gasteiger partial charge in [0, 0.05) is 24.3 Å². The van der Waals surface area contributed by atoms with Gasteiger partial charge in [0.15, 0.2) is 17.3 Å². The van der Waals surface area contributed by atoms with Crippen LogP contribution in [0.25, 0.3) is 10.6 Å². The number of halogens is 1. The molecular weight excluding hydrogens is 454 g/mol. The van der Waals surface area contributed by atoms with Crippen LogP contribution in [0.1, 0.15) is 53.5 Å². The molecule has 0 bridgehead atoms. The van der Waals surface area contributed by atoms with Crippen molar-refractivity contribution in [3.8, 4) is 10.6 Å². The summed E-state index contributed by atoms with van der Waals surface area (Å²) in [6, 6.07) is 5.39. The lowest BCUT2D eigenvalue weighted by molar-refractivity contribution is 0.0548. The molecule has 0 saturated carbocycles. The number of hydrogen-bond donors (Lipinski definition) is 2. The van der Waals surface area contributed by atoms with E-state index in [9.17, 15) is 14.7 Å². The first kappa shape index (κ1) is 22.5. The van der Waals surface area contributed by atoms with Crippen LogP contribution in [0.5, 0.6) is 0 Å². The second kappa shape index (κ2) is 9.43. The van der Waals surface area contributed by atoms with E-state index < -0.39 is 5.97 Å². The molecule has 1 aliphatic rings. The van der Waals surface area contributed by atoms with Gasteiger partial charge in [-0.25, -0.2) is 9.78 Å². The molecule has 0 aliphatic carbocycles. The Hall–Kier alpha value is -2.69. The zero-order chi connectivity index (χ0) is 22.8. The molecule has 4 heterocycles. The maximum Gasteiger partial charge on any atom is 0.356 e. The number of hydrogen-bond acceptors (Lipinski definition) is 7. The summed E-state index contributed by atoms with van der Waals surface area (Å²) >= 11 is 7.36. The van der Waals surface area contributed by atoms with Crippen molar-refractivity contribution >= 4 is 34.8 Å². The second-order valence-corrected chi connectivity index (χ2v) is 9.67. The summed E-state index contributed by atoms with van der Waals surface area (Å²) < 4.78 is 7.59. The summed E-state index contributed by atoms with van der Waals surface area (Å²) in [6.07, 6.45) is 3.05. The first-order valence-electron chi connectivity index (χ1n) is 10.4. The third-order valence-corrected chi connectivity index (χ3v) is 6.63. The minimum Gasteiger partial charge on any atom is -0.476 e. The molecule has 11 heteroatoms. The van der Waals surface area contributed by atoms with Gasteiger partial charge in [0.25, 0.3) is 5.91 Å². The van der Waals surface area contributed by atoms with Gasteiger partial charge in [-0.2, -0.15) is 0 Å². The van der Waals surface area contributed by atoms with Crippen molar-refractivity contribution in [1.82, 2.24) is 24.9 Å². The summed E-state index contributed by atoms with van der Waals surface area (Å²) in [4.78, 5) is 31.9. The van der Waals surface area contributed by atoms with E-state index in [1.165, 1.54) is 22.1 Å². The van der Waals surface area contributed by atoms with Crippen molar-refractivity contribution in [1.29, 1.82) is 0 Å². The zero-order valence-electron chi connectivity index (χ0n) is 17.7. The average Bonchev–Trinajstić information content (AvgIpc) is 3.49. The van der Waals surface area contributed by atoms with Gasteiger partial charge in [-0.3, -0.25) is 4.79 Å². The molecule has 3 aromatic heterocycles. The number of carboxylic acids is 1. The Labute approximate surface area is 194 Å². The van der Waals surface area contributed by atoms with Crippen LogP contribution in [0.2, 0.25) is 4.34 Å². The number of imidazole rings is 1. The summed E-state index contributed by atoms with van der Waals surface area (Å²) in [5, 5.41) is 16.9. The molecule has 0 unspecified atom stereocenters. The van der Waals surface area contributed by atoms with E-state index >= 15 is 0 Å². The van der Waals surface area contributed by atoms with Crippen molar-refractivity contribution in [3.63, 3.8) is 0 Å². The largest absolute Gasteiger partial charge is 0.476 e. The SMILES string of the molecule is CC(C)N(C(=O)c1nc(C(=O)O)cn1Cc1cc(-c2ccc(Cl)s2)on1)C1CCNCC1. The normalized spacial score (nSPS) is 14.8. The lowest BCUT2D eigenvalue weighted by atomic mass is 10.0. The third kappa shape index (κ3) is 4.72. The van der Waals surface area contributed by atoms with Crippen LogP contribution in [0.15, 0.2) is 28.9 Å². The molecule has 9 nitrogen and oxygen atoms in total. The monoisotopic (exact) mass is 477 g/mol. The maximum atomic E-state index is 13.5. The fourth-order valence-corrected chi connectivity index (χ4v) is 4.95. The molecule has 1 fully saturated rings. The average molecular weight is 478 g/mol. The molecule has 1 saturated heterocycles. The van der Waals surface area contributed by atoms with Crippen LogP contribution in [0.4, 0.5) is 0 Å². The topological polar surface area (TPSA) is 113 Å². The number of aromatic nitrogens is 3. The summed E-state index contributed by atoms with van der Waals surface area (Å²) in [7, 11) is 0. The quantitative estimate of drug-likeness (QED) is 0.534. The van der Waals surface area contributed by atoms with E-state index in [4.69, 9.17) is 16.1 Å². The molecule has 1 amide bonds. The molecule has 3 aromatic rings. The van der Waals surface area contributed by atoms with E-state index in [0.29, 0.717) is 15.8 Å². The van der Waals surface area contributed by atoms with Gasteiger partial charge in [-0.1, -0.05) is 16.8 Å². The van der Waals surface area contributed by atoms with Gasteiger partial charge in [0.05, 0.1) is 15.8 Å². The minimum absolute atomic E-state index is 0.0498. The lowest BCUT2D eigenvalue weighted by Gasteiger charge is -2.37. The highest BCUT2D eigenvalue weighted by Gasteiger charge is 2.32. The number of rotatable bonds is 7. The number of aromatic carboxylic acids is 1. The Morgan fingerprint density at radius 3 is 2.75 bits per heavy atom. The highest BCUT2D eigenvalue weighted by molar-refractivity contribution is 7.19. The van der Waals surface area contributed by atoms with Crippen LogP contribution in [0.3, 0.4) is 0 Å².